The predicted octanol–water partition coefficient (Wildman–Crippen LogP) is 1.77. The SMILES string of the molecule is O.O.O.O=C(/C=C(\O)C(F)(F)F)C(F)(F)F.O=C(/C=C(\O)C(F)(F)F)C(F)(F)F.[Mn]. The molecule has 0 aliphatic rings. The van der Waals surface area contributed by atoms with Crippen LogP contribution in [0, 0.1) is 0 Å². The number of aliphatic hydroxyl groups is 2. The number of rotatable bonds is 2. The van der Waals surface area contributed by atoms with Crippen LogP contribution in [-0.2, 0) is 26.7 Å². The molecule has 0 fully saturated rings. The molecule has 0 aliphatic heterocycles. The summed E-state index contributed by atoms with van der Waals surface area (Å²) in [6, 6.07) is 0. The van der Waals surface area contributed by atoms with Gasteiger partial charge in [-0.3, -0.25) is 9.59 Å². The molecule has 0 spiro atoms. The summed E-state index contributed by atoms with van der Waals surface area (Å²) in [6.07, 6.45) is -23.4. The molecule has 0 aromatic heterocycles. The topological polar surface area (TPSA) is 169 Å². The fourth-order valence-electron chi connectivity index (χ4n) is 0.576. The molecule has 30 heavy (non-hydrogen) atoms. The van der Waals surface area contributed by atoms with Crippen molar-refractivity contribution < 1.29 is 106 Å². The van der Waals surface area contributed by atoms with Crippen molar-refractivity contribution in [3.8, 4) is 0 Å². The standard InChI is InChI=1S/2C5H2F6O2.Mn.3H2O/c2*6-4(7,8)2(12)1-3(13)5(9,10)11;;;;/h2*1,12H;;3*1H2/b2*2-1-;;;;. The van der Waals surface area contributed by atoms with E-state index < -0.39 is 59.9 Å². The first-order valence-electron chi connectivity index (χ1n) is 5.28. The van der Waals surface area contributed by atoms with Crippen LogP contribution in [0.2, 0.25) is 0 Å². The van der Waals surface area contributed by atoms with Crippen molar-refractivity contribution in [3.05, 3.63) is 23.7 Å². The maximum atomic E-state index is 11.4. The van der Waals surface area contributed by atoms with E-state index in [4.69, 9.17) is 10.2 Å². The third kappa shape index (κ3) is 18.0. The summed E-state index contributed by atoms with van der Waals surface area (Å²) in [7, 11) is 0. The number of carbonyl (C=O) groups excluding carboxylic acids is 2. The van der Waals surface area contributed by atoms with Crippen LogP contribution >= 0.6 is 0 Å². The minimum absolute atomic E-state index is 0. The third-order valence-corrected chi connectivity index (χ3v) is 1.68. The first-order chi connectivity index (χ1) is 11.1. The number of halogens is 12. The van der Waals surface area contributed by atoms with Gasteiger partial charge in [0.15, 0.2) is 0 Å². The van der Waals surface area contributed by atoms with Crippen molar-refractivity contribution in [2.45, 2.75) is 24.7 Å². The van der Waals surface area contributed by atoms with Gasteiger partial charge in [0.25, 0.3) is 11.6 Å². The van der Waals surface area contributed by atoms with Gasteiger partial charge < -0.3 is 26.6 Å². The molecule has 0 aromatic rings. The van der Waals surface area contributed by atoms with Gasteiger partial charge in [0, 0.05) is 29.2 Å². The molecule has 0 atom stereocenters. The fraction of sp³-hybridized carbons (Fsp3) is 0.400. The summed E-state index contributed by atoms with van der Waals surface area (Å²) < 4.78 is 136. The Hall–Kier alpha value is -2.02. The second kappa shape index (κ2) is 14.1. The maximum absolute atomic E-state index is 11.4. The summed E-state index contributed by atoms with van der Waals surface area (Å²) in [6.45, 7) is 0. The summed E-state index contributed by atoms with van der Waals surface area (Å²) in [5.74, 6) is -10.7. The molecule has 8 N–H and O–H groups in total. The molecule has 0 aliphatic carbocycles. The van der Waals surface area contributed by atoms with Crippen molar-refractivity contribution in [3.63, 3.8) is 0 Å². The van der Waals surface area contributed by atoms with E-state index >= 15 is 0 Å². The molecule has 0 unspecified atom stereocenters. The van der Waals surface area contributed by atoms with Crippen LogP contribution in [0.4, 0.5) is 52.7 Å². The largest absolute Gasteiger partial charge is 0.504 e. The van der Waals surface area contributed by atoms with Gasteiger partial charge in [0.05, 0.1) is 0 Å². The number of alkyl halides is 12. The number of hydrogen-bond donors (Lipinski definition) is 2. The molecule has 1 radical (unpaired) electrons. The van der Waals surface area contributed by atoms with Gasteiger partial charge >= 0.3 is 24.7 Å². The average Bonchev–Trinajstić information content (AvgIpc) is 2.34. The first-order valence-corrected chi connectivity index (χ1v) is 5.28. The van der Waals surface area contributed by atoms with E-state index in [0.717, 1.165) is 0 Å². The van der Waals surface area contributed by atoms with Crippen LogP contribution in [0.15, 0.2) is 23.7 Å². The van der Waals surface area contributed by atoms with Gasteiger partial charge in [0.2, 0.25) is 11.5 Å². The van der Waals surface area contributed by atoms with Gasteiger partial charge in [-0.1, -0.05) is 0 Å². The smallest absolute Gasteiger partial charge is 0.454 e. The molecule has 0 bridgehead atoms. The number of carbonyl (C=O) groups is 2. The molecule has 0 amide bonds. The number of ketones is 2. The summed E-state index contributed by atoms with van der Waals surface area (Å²) in [5, 5.41) is 15.9. The van der Waals surface area contributed by atoms with E-state index in [1.165, 1.54) is 0 Å². The van der Waals surface area contributed by atoms with E-state index in [0.29, 0.717) is 0 Å². The molecule has 0 saturated heterocycles. The van der Waals surface area contributed by atoms with E-state index in [9.17, 15) is 62.3 Å². The van der Waals surface area contributed by atoms with Crippen molar-refractivity contribution in [2.24, 2.45) is 0 Å². The number of hydrogen-bond acceptors (Lipinski definition) is 4. The van der Waals surface area contributed by atoms with Crippen LogP contribution in [0.5, 0.6) is 0 Å². The number of allylic oxidation sites excluding steroid dienone is 4. The second-order valence-electron chi connectivity index (χ2n) is 3.78. The molecule has 0 saturated carbocycles. The van der Waals surface area contributed by atoms with Crippen LogP contribution in [-0.4, -0.2) is 62.9 Å². The van der Waals surface area contributed by atoms with Crippen LogP contribution < -0.4 is 0 Å². The van der Waals surface area contributed by atoms with Gasteiger partial charge in [-0.15, -0.1) is 0 Å². The summed E-state index contributed by atoms with van der Waals surface area (Å²) >= 11 is 0. The normalized spacial score (nSPS) is 12.5. The third-order valence-electron chi connectivity index (χ3n) is 1.68. The van der Waals surface area contributed by atoms with Crippen LogP contribution in [0.3, 0.4) is 0 Å². The zero-order valence-corrected chi connectivity index (χ0v) is 14.5. The molecule has 0 rings (SSSR count). The number of aliphatic hydroxyl groups excluding tert-OH is 2. The van der Waals surface area contributed by atoms with Crippen LogP contribution in [0.1, 0.15) is 0 Å². The van der Waals surface area contributed by atoms with E-state index in [-0.39, 0.29) is 33.5 Å². The molecule has 183 valence electrons. The summed E-state index contributed by atoms with van der Waals surface area (Å²) in [4.78, 5) is 19.7. The van der Waals surface area contributed by atoms with Gasteiger partial charge in [0.1, 0.15) is 0 Å². The van der Waals surface area contributed by atoms with Crippen molar-refractivity contribution >= 4 is 11.6 Å². The molecular weight excluding hydrogens is 515 g/mol. The molecule has 0 heterocycles. The monoisotopic (exact) mass is 525 g/mol. The quantitative estimate of drug-likeness (QED) is 0.243. The Labute approximate surface area is 167 Å². The summed E-state index contributed by atoms with van der Waals surface area (Å²) in [5.41, 5.74) is 0. The molecular formula is C10H10F12MnO7. The predicted molar refractivity (Wildman–Crippen MR) is 66.5 cm³/mol. The maximum Gasteiger partial charge on any atom is 0.454 e. The van der Waals surface area contributed by atoms with Crippen molar-refractivity contribution in [1.82, 2.24) is 0 Å². The van der Waals surface area contributed by atoms with Gasteiger partial charge in [-0.25, -0.2) is 0 Å². The van der Waals surface area contributed by atoms with E-state index in [1.54, 1.807) is 0 Å². The van der Waals surface area contributed by atoms with Crippen LogP contribution in [0.25, 0.3) is 0 Å². The fourth-order valence-corrected chi connectivity index (χ4v) is 0.576. The zero-order valence-electron chi connectivity index (χ0n) is 13.3. The Bertz CT molecular complexity index is 534. The Balaban J connectivity index is -0.0000000847. The van der Waals surface area contributed by atoms with Crippen molar-refractivity contribution in [2.75, 3.05) is 0 Å². The minimum atomic E-state index is -5.42. The van der Waals surface area contributed by atoms with Crippen molar-refractivity contribution in [1.29, 1.82) is 0 Å². The zero-order chi connectivity index (χ0) is 21.7. The molecule has 20 heteroatoms. The Kier molecular flexibility index (Phi) is 19.8. The molecule has 7 nitrogen and oxygen atoms in total. The molecule has 0 aromatic carbocycles. The first kappa shape index (κ1) is 42.2. The van der Waals surface area contributed by atoms with Gasteiger partial charge in [-0.2, -0.15) is 52.7 Å². The van der Waals surface area contributed by atoms with E-state index in [2.05, 4.69) is 0 Å². The van der Waals surface area contributed by atoms with E-state index in [1.807, 2.05) is 0 Å². The minimum Gasteiger partial charge on any atom is -0.504 e. The Morgan fingerprint density at radius 3 is 0.767 bits per heavy atom. The average molecular weight is 525 g/mol. The van der Waals surface area contributed by atoms with Gasteiger partial charge in [-0.05, 0) is 0 Å². The Morgan fingerprint density at radius 1 is 0.500 bits per heavy atom. The Morgan fingerprint density at radius 2 is 0.667 bits per heavy atom. The second-order valence-corrected chi connectivity index (χ2v) is 3.78.